The number of aromatic nitrogens is 3. The molecule has 0 bridgehead atoms. The summed E-state index contributed by atoms with van der Waals surface area (Å²) in [7, 11) is 1.56. The molecule has 1 atom stereocenters. The van der Waals surface area contributed by atoms with Gasteiger partial charge < -0.3 is 20.1 Å². The monoisotopic (exact) mass is 471 g/mol. The molecule has 9 heteroatoms. The van der Waals surface area contributed by atoms with Crippen molar-refractivity contribution in [2.75, 3.05) is 19.0 Å². The maximum atomic E-state index is 12.9. The summed E-state index contributed by atoms with van der Waals surface area (Å²) in [6, 6.07) is 22.6. The van der Waals surface area contributed by atoms with Crippen molar-refractivity contribution in [2.45, 2.75) is 13.0 Å². The van der Waals surface area contributed by atoms with Gasteiger partial charge in [0.25, 0.3) is 11.8 Å². The maximum absolute atomic E-state index is 12.9. The van der Waals surface area contributed by atoms with Gasteiger partial charge in [0.1, 0.15) is 23.4 Å². The Morgan fingerprint density at radius 1 is 0.971 bits per heavy atom. The van der Waals surface area contributed by atoms with Gasteiger partial charge >= 0.3 is 0 Å². The van der Waals surface area contributed by atoms with Crippen LogP contribution in [0.3, 0.4) is 0 Å². The van der Waals surface area contributed by atoms with Crippen molar-refractivity contribution in [3.63, 3.8) is 0 Å². The minimum Gasteiger partial charge on any atom is -0.497 e. The van der Waals surface area contributed by atoms with E-state index in [0.29, 0.717) is 34.4 Å². The SMILES string of the molecule is COc1cccc(NC(=O)COc2ccc(C(=O)NC(c3ccccc3)c3n[nH]c(C)n3)cc2)c1. The number of hydrogen-bond acceptors (Lipinski definition) is 6. The molecule has 3 aromatic carbocycles. The second-order valence-corrected chi connectivity index (χ2v) is 7.69. The predicted octanol–water partition coefficient (Wildman–Crippen LogP) is 3.66. The highest BCUT2D eigenvalue weighted by atomic mass is 16.5. The molecule has 0 spiro atoms. The lowest BCUT2D eigenvalue weighted by molar-refractivity contribution is -0.118. The van der Waals surface area contributed by atoms with Crippen molar-refractivity contribution in [3.8, 4) is 11.5 Å². The number of anilines is 1. The molecule has 0 aliphatic heterocycles. The van der Waals surface area contributed by atoms with Gasteiger partial charge in [-0.1, -0.05) is 36.4 Å². The molecule has 1 aromatic heterocycles. The molecule has 9 nitrogen and oxygen atoms in total. The Morgan fingerprint density at radius 2 is 1.74 bits per heavy atom. The van der Waals surface area contributed by atoms with Crippen LogP contribution < -0.4 is 20.1 Å². The van der Waals surface area contributed by atoms with Crippen LogP contribution in [0, 0.1) is 6.92 Å². The first-order valence-corrected chi connectivity index (χ1v) is 10.9. The number of ether oxygens (including phenoxy) is 2. The highest BCUT2D eigenvalue weighted by Gasteiger charge is 2.21. The van der Waals surface area contributed by atoms with Crippen molar-refractivity contribution in [2.24, 2.45) is 0 Å². The van der Waals surface area contributed by atoms with Gasteiger partial charge in [0.15, 0.2) is 12.4 Å². The summed E-state index contributed by atoms with van der Waals surface area (Å²) in [4.78, 5) is 29.5. The van der Waals surface area contributed by atoms with Crippen molar-refractivity contribution < 1.29 is 19.1 Å². The number of nitrogens with zero attached hydrogens (tertiary/aromatic N) is 2. The zero-order valence-electron chi connectivity index (χ0n) is 19.3. The first-order valence-electron chi connectivity index (χ1n) is 10.9. The van der Waals surface area contributed by atoms with E-state index in [1.54, 1.807) is 62.6 Å². The van der Waals surface area contributed by atoms with E-state index >= 15 is 0 Å². The Hall–Kier alpha value is -4.66. The summed E-state index contributed by atoms with van der Waals surface area (Å²) in [5.41, 5.74) is 1.91. The average Bonchev–Trinajstić information content (AvgIpc) is 3.32. The molecule has 1 unspecified atom stereocenters. The van der Waals surface area contributed by atoms with Crippen LogP contribution in [0.5, 0.6) is 11.5 Å². The second kappa shape index (κ2) is 11.0. The summed E-state index contributed by atoms with van der Waals surface area (Å²) in [6.07, 6.45) is 0. The average molecular weight is 472 g/mol. The topological polar surface area (TPSA) is 118 Å². The van der Waals surface area contributed by atoms with Crippen LogP contribution in [0.2, 0.25) is 0 Å². The minimum atomic E-state index is -0.509. The predicted molar refractivity (Wildman–Crippen MR) is 130 cm³/mol. The Bertz CT molecular complexity index is 1290. The molecule has 0 radical (unpaired) electrons. The lowest BCUT2D eigenvalue weighted by Crippen LogP contribution is -2.30. The van der Waals surface area contributed by atoms with Gasteiger partial charge in [-0.3, -0.25) is 14.7 Å². The number of benzene rings is 3. The lowest BCUT2D eigenvalue weighted by atomic mass is 10.1. The van der Waals surface area contributed by atoms with Gasteiger partial charge in [0, 0.05) is 17.3 Å². The zero-order valence-corrected chi connectivity index (χ0v) is 19.3. The molecule has 0 saturated heterocycles. The van der Waals surface area contributed by atoms with E-state index in [-0.39, 0.29) is 18.4 Å². The molecular formula is C26H25N5O4. The van der Waals surface area contributed by atoms with Crippen LogP contribution in [0.1, 0.15) is 33.6 Å². The number of carbonyl (C=O) groups excluding carboxylic acids is 2. The Labute approximate surface area is 202 Å². The van der Waals surface area contributed by atoms with Crippen LogP contribution in [0.4, 0.5) is 5.69 Å². The van der Waals surface area contributed by atoms with E-state index in [1.165, 1.54) is 0 Å². The van der Waals surface area contributed by atoms with Gasteiger partial charge in [0.2, 0.25) is 0 Å². The molecule has 0 fully saturated rings. The van der Waals surface area contributed by atoms with Gasteiger partial charge in [-0.15, -0.1) is 0 Å². The fourth-order valence-corrected chi connectivity index (χ4v) is 3.40. The van der Waals surface area contributed by atoms with Gasteiger partial charge in [-0.05, 0) is 48.9 Å². The standard InChI is InChI=1S/C26H25N5O4/c1-17-27-25(31-30-17)24(18-7-4-3-5-8-18)29-26(33)19-11-13-21(14-12-19)35-16-23(32)28-20-9-6-10-22(15-20)34-2/h3-15,24H,16H2,1-2H3,(H,28,32)(H,29,33)(H,27,30,31). The van der Waals surface area contributed by atoms with E-state index < -0.39 is 6.04 Å². The molecule has 2 amide bonds. The number of hydrogen-bond donors (Lipinski definition) is 3. The summed E-state index contributed by atoms with van der Waals surface area (Å²) in [5, 5.41) is 12.8. The molecule has 0 saturated carbocycles. The third-order valence-electron chi connectivity index (χ3n) is 5.12. The second-order valence-electron chi connectivity index (χ2n) is 7.69. The molecular weight excluding hydrogens is 446 g/mol. The maximum Gasteiger partial charge on any atom is 0.262 e. The highest BCUT2D eigenvalue weighted by Crippen LogP contribution is 2.21. The van der Waals surface area contributed by atoms with Crippen LogP contribution in [-0.2, 0) is 4.79 Å². The fraction of sp³-hybridized carbons (Fsp3) is 0.154. The summed E-state index contributed by atoms with van der Waals surface area (Å²) < 4.78 is 10.7. The first kappa shape index (κ1) is 23.5. The molecule has 0 aliphatic carbocycles. The fourth-order valence-electron chi connectivity index (χ4n) is 3.40. The number of nitrogens with one attached hydrogen (secondary N) is 3. The molecule has 0 aliphatic rings. The lowest BCUT2D eigenvalue weighted by Gasteiger charge is -2.16. The Kier molecular flexibility index (Phi) is 7.37. The van der Waals surface area contributed by atoms with Crippen molar-refractivity contribution in [3.05, 3.63) is 102 Å². The van der Waals surface area contributed by atoms with Crippen molar-refractivity contribution >= 4 is 17.5 Å². The van der Waals surface area contributed by atoms with Gasteiger partial charge in [-0.25, -0.2) is 4.98 Å². The van der Waals surface area contributed by atoms with Crippen LogP contribution in [0.25, 0.3) is 0 Å². The summed E-state index contributed by atoms with van der Waals surface area (Å²) >= 11 is 0. The van der Waals surface area contributed by atoms with Gasteiger partial charge in [-0.2, -0.15) is 5.10 Å². The number of rotatable bonds is 9. The number of methoxy groups -OCH3 is 1. The Morgan fingerprint density at radius 3 is 2.43 bits per heavy atom. The van der Waals surface area contributed by atoms with E-state index in [4.69, 9.17) is 9.47 Å². The minimum absolute atomic E-state index is 0.178. The Balaban J connectivity index is 1.36. The molecule has 35 heavy (non-hydrogen) atoms. The molecule has 3 N–H and O–H groups in total. The van der Waals surface area contributed by atoms with E-state index in [2.05, 4.69) is 25.8 Å². The van der Waals surface area contributed by atoms with Gasteiger partial charge in [0.05, 0.1) is 7.11 Å². The largest absolute Gasteiger partial charge is 0.497 e. The third-order valence-corrected chi connectivity index (χ3v) is 5.12. The molecule has 4 aromatic rings. The van der Waals surface area contributed by atoms with Crippen molar-refractivity contribution in [1.29, 1.82) is 0 Å². The molecule has 178 valence electrons. The molecule has 1 heterocycles. The van der Waals surface area contributed by atoms with Crippen molar-refractivity contribution in [1.82, 2.24) is 20.5 Å². The van der Waals surface area contributed by atoms with Crippen LogP contribution in [-0.4, -0.2) is 40.7 Å². The number of aromatic amines is 1. The smallest absolute Gasteiger partial charge is 0.262 e. The first-order chi connectivity index (χ1) is 17.0. The summed E-state index contributed by atoms with van der Waals surface area (Å²) in [5.74, 6) is 1.64. The van der Waals surface area contributed by atoms with E-state index in [0.717, 1.165) is 5.56 Å². The quantitative estimate of drug-likeness (QED) is 0.343. The third kappa shape index (κ3) is 6.23. The van der Waals surface area contributed by atoms with E-state index in [1.807, 2.05) is 30.3 Å². The highest BCUT2D eigenvalue weighted by molar-refractivity contribution is 5.95. The van der Waals surface area contributed by atoms with Crippen LogP contribution in [0.15, 0.2) is 78.9 Å². The number of H-pyrrole nitrogens is 1. The summed E-state index contributed by atoms with van der Waals surface area (Å²) in [6.45, 7) is 1.62. The van der Waals surface area contributed by atoms with Crippen LogP contribution >= 0.6 is 0 Å². The normalized spacial score (nSPS) is 11.4. The number of amides is 2. The van der Waals surface area contributed by atoms with E-state index in [9.17, 15) is 9.59 Å². The number of carbonyl (C=O) groups is 2. The molecule has 4 rings (SSSR count). The number of aryl methyl sites for hydroxylation is 1. The zero-order chi connectivity index (χ0) is 24.6.